The molecule has 4 rings (SSSR count). The Morgan fingerprint density at radius 2 is 1.87 bits per heavy atom. The van der Waals surface area contributed by atoms with E-state index in [-0.39, 0.29) is 0 Å². The fourth-order valence-electron chi connectivity index (χ4n) is 4.76. The molecule has 0 unspecified atom stereocenters. The van der Waals surface area contributed by atoms with Gasteiger partial charge in [-0.2, -0.15) is 4.98 Å². The number of hydrogen-bond donors (Lipinski definition) is 1. The zero-order valence-corrected chi connectivity index (χ0v) is 18.8. The summed E-state index contributed by atoms with van der Waals surface area (Å²) in [6, 6.07) is 4.26. The average molecular weight is 405 g/mol. The van der Waals surface area contributed by atoms with Crippen molar-refractivity contribution in [2.24, 2.45) is 11.1 Å². The molecule has 0 bridgehead atoms. The van der Waals surface area contributed by atoms with Crippen LogP contribution in [0.5, 0.6) is 0 Å². The SMILES string of the molecule is CCc1ncc(-c2nc(-c3cc(C)c(CCN)c(C)c3)no2)c2c1CC(C)(C)CC2. The second-order valence-corrected chi connectivity index (χ2v) is 9.32. The van der Waals surface area contributed by atoms with Gasteiger partial charge in [0.1, 0.15) is 0 Å². The van der Waals surface area contributed by atoms with Crippen LogP contribution in [-0.2, 0) is 25.7 Å². The Morgan fingerprint density at radius 1 is 1.13 bits per heavy atom. The molecule has 5 heteroatoms. The molecule has 158 valence electrons. The zero-order chi connectivity index (χ0) is 21.5. The van der Waals surface area contributed by atoms with Crippen molar-refractivity contribution in [3.8, 4) is 22.8 Å². The molecule has 0 aliphatic heterocycles. The van der Waals surface area contributed by atoms with E-state index in [0.29, 0.717) is 23.7 Å². The van der Waals surface area contributed by atoms with Crippen molar-refractivity contribution < 1.29 is 4.52 Å². The van der Waals surface area contributed by atoms with Crippen LogP contribution in [0, 0.1) is 19.3 Å². The van der Waals surface area contributed by atoms with E-state index < -0.39 is 0 Å². The van der Waals surface area contributed by atoms with Gasteiger partial charge in [-0.1, -0.05) is 25.9 Å². The highest BCUT2D eigenvalue weighted by atomic mass is 16.5. The molecule has 0 atom stereocenters. The van der Waals surface area contributed by atoms with Crippen molar-refractivity contribution in [2.75, 3.05) is 6.54 Å². The number of fused-ring (bicyclic) bond motifs is 1. The monoisotopic (exact) mass is 404 g/mol. The van der Waals surface area contributed by atoms with Crippen LogP contribution >= 0.6 is 0 Å². The van der Waals surface area contributed by atoms with E-state index >= 15 is 0 Å². The summed E-state index contributed by atoms with van der Waals surface area (Å²) in [5.74, 6) is 1.19. The van der Waals surface area contributed by atoms with Crippen molar-refractivity contribution in [3.05, 3.63) is 51.8 Å². The molecule has 0 saturated carbocycles. The highest BCUT2D eigenvalue weighted by Gasteiger charge is 2.30. The number of aryl methyl sites for hydroxylation is 3. The van der Waals surface area contributed by atoms with E-state index in [1.807, 2.05) is 6.20 Å². The van der Waals surface area contributed by atoms with Gasteiger partial charge in [-0.25, -0.2) is 0 Å². The third-order valence-electron chi connectivity index (χ3n) is 6.43. The fraction of sp³-hybridized carbons (Fsp3) is 0.480. The summed E-state index contributed by atoms with van der Waals surface area (Å²) >= 11 is 0. The van der Waals surface area contributed by atoms with Crippen molar-refractivity contribution in [2.45, 2.75) is 66.7 Å². The van der Waals surface area contributed by atoms with Crippen LogP contribution in [-0.4, -0.2) is 21.7 Å². The van der Waals surface area contributed by atoms with E-state index in [2.05, 4.69) is 51.9 Å². The van der Waals surface area contributed by atoms with Gasteiger partial charge >= 0.3 is 0 Å². The van der Waals surface area contributed by atoms with Crippen LogP contribution in [0.3, 0.4) is 0 Å². The van der Waals surface area contributed by atoms with Crippen LogP contribution < -0.4 is 5.73 Å². The van der Waals surface area contributed by atoms with Gasteiger partial charge in [-0.05, 0) is 97.9 Å². The zero-order valence-electron chi connectivity index (χ0n) is 18.8. The molecule has 0 saturated heterocycles. The lowest BCUT2D eigenvalue weighted by Gasteiger charge is -2.33. The predicted molar refractivity (Wildman–Crippen MR) is 120 cm³/mol. The molecule has 1 aliphatic rings. The summed E-state index contributed by atoms with van der Waals surface area (Å²) in [5, 5.41) is 4.30. The van der Waals surface area contributed by atoms with Gasteiger partial charge in [0.2, 0.25) is 5.82 Å². The first-order valence-electron chi connectivity index (χ1n) is 11.0. The molecule has 0 amide bonds. The number of rotatable bonds is 5. The van der Waals surface area contributed by atoms with Crippen molar-refractivity contribution >= 4 is 0 Å². The maximum absolute atomic E-state index is 5.76. The maximum atomic E-state index is 5.76. The van der Waals surface area contributed by atoms with E-state index in [1.165, 1.54) is 33.5 Å². The molecule has 1 aliphatic carbocycles. The maximum Gasteiger partial charge on any atom is 0.260 e. The molecule has 3 aromatic rings. The molecule has 2 N–H and O–H groups in total. The lowest BCUT2D eigenvalue weighted by molar-refractivity contribution is 0.313. The Morgan fingerprint density at radius 3 is 2.53 bits per heavy atom. The Bertz CT molecular complexity index is 1060. The Hall–Kier alpha value is -2.53. The summed E-state index contributed by atoms with van der Waals surface area (Å²) in [4.78, 5) is 9.52. The second kappa shape index (κ2) is 7.95. The van der Waals surface area contributed by atoms with E-state index in [1.54, 1.807) is 0 Å². The van der Waals surface area contributed by atoms with Gasteiger partial charge in [-0.3, -0.25) is 4.98 Å². The van der Waals surface area contributed by atoms with Gasteiger partial charge in [0.25, 0.3) is 5.89 Å². The number of nitrogens with zero attached hydrogens (tertiary/aromatic N) is 3. The molecule has 2 heterocycles. The third-order valence-corrected chi connectivity index (χ3v) is 6.43. The Balaban J connectivity index is 1.74. The molecule has 0 radical (unpaired) electrons. The molecule has 30 heavy (non-hydrogen) atoms. The van der Waals surface area contributed by atoms with E-state index in [4.69, 9.17) is 20.2 Å². The Kier molecular flexibility index (Phi) is 5.49. The lowest BCUT2D eigenvalue weighted by Crippen LogP contribution is -2.24. The summed E-state index contributed by atoms with van der Waals surface area (Å²) in [6.45, 7) is 11.7. The first kappa shape index (κ1) is 20.7. The first-order chi connectivity index (χ1) is 14.3. The number of hydrogen-bond acceptors (Lipinski definition) is 5. The minimum Gasteiger partial charge on any atom is -0.334 e. The summed E-state index contributed by atoms with van der Waals surface area (Å²) in [5.41, 5.74) is 15.7. The Labute approximate surface area is 179 Å². The standard InChI is InChI=1S/C25H32N4O/c1-6-22-20-13-25(4,5)9-7-19(20)21(14-27-22)24-28-23(29-30-24)17-11-15(2)18(8-10-26)16(3)12-17/h11-12,14H,6-10,13,26H2,1-5H3. The van der Waals surface area contributed by atoms with Gasteiger partial charge in [0.15, 0.2) is 0 Å². The summed E-state index contributed by atoms with van der Waals surface area (Å²) < 4.78 is 5.73. The minimum atomic E-state index is 0.303. The summed E-state index contributed by atoms with van der Waals surface area (Å²) in [7, 11) is 0. The van der Waals surface area contributed by atoms with E-state index in [0.717, 1.165) is 43.2 Å². The second-order valence-electron chi connectivity index (χ2n) is 9.32. The number of aromatic nitrogens is 3. The highest BCUT2D eigenvalue weighted by molar-refractivity contribution is 5.65. The van der Waals surface area contributed by atoms with Gasteiger partial charge in [0, 0.05) is 17.5 Å². The van der Waals surface area contributed by atoms with E-state index in [9.17, 15) is 0 Å². The fourth-order valence-corrected chi connectivity index (χ4v) is 4.76. The lowest BCUT2D eigenvalue weighted by atomic mass is 9.73. The largest absolute Gasteiger partial charge is 0.334 e. The smallest absolute Gasteiger partial charge is 0.260 e. The average Bonchev–Trinajstić information content (AvgIpc) is 3.19. The molecule has 0 spiro atoms. The molecule has 0 fully saturated rings. The van der Waals surface area contributed by atoms with Crippen molar-refractivity contribution in [1.29, 1.82) is 0 Å². The molecular formula is C25H32N4O. The topological polar surface area (TPSA) is 77.8 Å². The van der Waals surface area contributed by atoms with Crippen LogP contribution in [0.2, 0.25) is 0 Å². The number of benzene rings is 1. The van der Waals surface area contributed by atoms with Crippen molar-refractivity contribution in [3.63, 3.8) is 0 Å². The molecule has 2 aromatic heterocycles. The van der Waals surface area contributed by atoms with Crippen LogP contribution in [0.1, 0.15) is 60.7 Å². The number of nitrogens with two attached hydrogens (primary N) is 1. The minimum absolute atomic E-state index is 0.303. The van der Waals surface area contributed by atoms with Crippen LogP contribution in [0.15, 0.2) is 22.9 Å². The van der Waals surface area contributed by atoms with Crippen molar-refractivity contribution in [1.82, 2.24) is 15.1 Å². The van der Waals surface area contributed by atoms with Gasteiger partial charge < -0.3 is 10.3 Å². The van der Waals surface area contributed by atoms with Gasteiger partial charge in [0.05, 0.1) is 5.56 Å². The molecule has 5 nitrogen and oxygen atoms in total. The van der Waals surface area contributed by atoms with Gasteiger partial charge in [-0.15, -0.1) is 0 Å². The third kappa shape index (κ3) is 3.79. The summed E-state index contributed by atoms with van der Waals surface area (Å²) in [6.07, 6.45) is 6.98. The van der Waals surface area contributed by atoms with Crippen LogP contribution in [0.25, 0.3) is 22.8 Å². The highest BCUT2D eigenvalue weighted by Crippen LogP contribution is 2.40. The first-order valence-corrected chi connectivity index (χ1v) is 11.0. The normalized spacial score (nSPS) is 15.3. The van der Waals surface area contributed by atoms with Crippen LogP contribution in [0.4, 0.5) is 0 Å². The molecular weight excluding hydrogens is 372 g/mol. The quantitative estimate of drug-likeness (QED) is 0.648. The molecule has 1 aromatic carbocycles. The predicted octanol–water partition coefficient (Wildman–Crippen LogP) is 4.99. The number of pyridine rings is 1.